The fraction of sp³-hybridized carbons (Fsp3) is 0.190. The number of nitro groups is 1. The van der Waals surface area contributed by atoms with Gasteiger partial charge in [-0.3, -0.25) is 10.1 Å². The van der Waals surface area contributed by atoms with Gasteiger partial charge in [-0.1, -0.05) is 12.7 Å². The summed E-state index contributed by atoms with van der Waals surface area (Å²) in [5.74, 6) is -0.412. The molecule has 0 saturated heterocycles. The average molecular weight is 394 g/mol. The van der Waals surface area contributed by atoms with E-state index in [1.165, 1.54) is 24.3 Å². The zero-order valence-corrected chi connectivity index (χ0v) is 16.2. The van der Waals surface area contributed by atoms with E-state index in [1.54, 1.807) is 25.1 Å². The summed E-state index contributed by atoms with van der Waals surface area (Å²) in [5.41, 5.74) is 2.45. The normalized spacial score (nSPS) is 10.5. The fourth-order valence-corrected chi connectivity index (χ4v) is 2.34. The SMILES string of the molecule is C=CCN(CCOC(=O)C(=C)C)c1ccc(N=Nc2ccc([N+](=O)[O-])cc2)cc1. The molecule has 0 radical (unpaired) electrons. The minimum Gasteiger partial charge on any atom is -0.460 e. The quantitative estimate of drug-likeness (QED) is 0.139. The molecule has 0 unspecified atom stereocenters. The van der Waals surface area contributed by atoms with Crippen LogP contribution in [0.4, 0.5) is 22.7 Å². The number of esters is 1. The van der Waals surface area contributed by atoms with Gasteiger partial charge < -0.3 is 9.64 Å². The highest BCUT2D eigenvalue weighted by Crippen LogP contribution is 2.23. The Morgan fingerprint density at radius 2 is 1.69 bits per heavy atom. The molecule has 0 aliphatic heterocycles. The van der Waals surface area contributed by atoms with Gasteiger partial charge in [0.05, 0.1) is 22.8 Å². The molecule has 0 fully saturated rings. The van der Waals surface area contributed by atoms with Gasteiger partial charge in [-0.25, -0.2) is 4.79 Å². The number of azo groups is 1. The molecule has 0 N–H and O–H groups in total. The molecule has 0 aliphatic rings. The molecule has 0 saturated carbocycles. The van der Waals surface area contributed by atoms with Crippen LogP contribution < -0.4 is 4.90 Å². The predicted molar refractivity (Wildman–Crippen MR) is 112 cm³/mol. The zero-order valence-electron chi connectivity index (χ0n) is 16.2. The van der Waals surface area contributed by atoms with Crippen molar-refractivity contribution in [2.24, 2.45) is 10.2 Å². The van der Waals surface area contributed by atoms with Crippen LogP contribution in [0.3, 0.4) is 0 Å². The molecule has 0 spiro atoms. The maximum Gasteiger partial charge on any atom is 0.333 e. The summed E-state index contributed by atoms with van der Waals surface area (Å²) in [6, 6.07) is 13.2. The molecule has 2 rings (SSSR count). The number of ether oxygens (including phenoxy) is 1. The lowest BCUT2D eigenvalue weighted by Crippen LogP contribution is -2.28. The number of nitro benzene ring substituents is 1. The minimum atomic E-state index is -0.464. The first-order valence-electron chi connectivity index (χ1n) is 8.85. The number of hydrogen-bond donors (Lipinski definition) is 0. The number of benzene rings is 2. The fourth-order valence-electron chi connectivity index (χ4n) is 2.34. The van der Waals surface area contributed by atoms with E-state index < -0.39 is 10.9 Å². The maximum absolute atomic E-state index is 11.5. The lowest BCUT2D eigenvalue weighted by molar-refractivity contribution is -0.384. The van der Waals surface area contributed by atoms with Crippen LogP contribution in [0, 0.1) is 10.1 Å². The van der Waals surface area contributed by atoms with Crippen LogP contribution in [0.15, 0.2) is 83.6 Å². The second kappa shape index (κ2) is 10.5. The van der Waals surface area contributed by atoms with Crippen molar-refractivity contribution >= 4 is 28.7 Å². The molecule has 2 aromatic rings. The first-order valence-corrected chi connectivity index (χ1v) is 8.85. The monoisotopic (exact) mass is 394 g/mol. The lowest BCUT2D eigenvalue weighted by Gasteiger charge is -2.23. The van der Waals surface area contributed by atoms with Crippen LogP contribution in [0.2, 0.25) is 0 Å². The van der Waals surface area contributed by atoms with Gasteiger partial charge in [0.15, 0.2) is 0 Å². The summed E-state index contributed by atoms with van der Waals surface area (Å²) < 4.78 is 5.15. The maximum atomic E-state index is 11.5. The summed E-state index contributed by atoms with van der Waals surface area (Å²) in [6.45, 7) is 10.3. The first-order chi connectivity index (χ1) is 13.9. The van der Waals surface area contributed by atoms with Crippen LogP contribution in [0.1, 0.15) is 6.92 Å². The van der Waals surface area contributed by atoms with E-state index in [2.05, 4.69) is 23.4 Å². The summed E-state index contributed by atoms with van der Waals surface area (Å²) in [5, 5.41) is 18.9. The summed E-state index contributed by atoms with van der Waals surface area (Å²) in [6.07, 6.45) is 1.77. The third kappa shape index (κ3) is 6.69. The van der Waals surface area contributed by atoms with Gasteiger partial charge in [-0.05, 0) is 43.3 Å². The van der Waals surface area contributed by atoms with Gasteiger partial charge in [0.1, 0.15) is 6.61 Å². The van der Waals surface area contributed by atoms with Crippen LogP contribution in [-0.4, -0.2) is 30.6 Å². The first kappa shape index (κ1) is 21.5. The largest absolute Gasteiger partial charge is 0.460 e. The Morgan fingerprint density at radius 1 is 1.14 bits per heavy atom. The third-order valence-electron chi connectivity index (χ3n) is 3.85. The lowest BCUT2D eigenvalue weighted by atomic mass is 10.2. The molecule has 0 amide bonds. The number of carbonyl (C=O) groups is 1. The molecular formula is C21H22N4O4. The van der Waals surface area contributed by atoms with E-state index >= 15 is 0 Å². The summed E-state index contributed by atoms with van der Waals surface area (Å²) in [4.78, 5) is 23.7. The molecule has 8 nitrogen and oxygen atoms in total. The van der Waals surface area contributed by atoms with Crippen molar-refractivity contribution in [3.05, 3.63) is 83.5 Å². The molecule has 0 aliphatic carbocycles. The topological polar surface area (TPSA) is 97.4 Å². The van der Waals surface area contributed by atoms with E-state index in [-0.39, 0.29) is 12.3 Å². The average Bonchev–Trinajstić information content (AvgIpc) is 2.72. The molecule has 29 heavy (non-hydrogen) atoms. The summed E-state index contributed by atoms with van der Waals surface area (Å²) in [7, 11) is 0. The second-order valence-electron chi connectivity index (χ2n) is 6.14. The van der Waals surface area contributed by atoms with E-state index in [0.717, 1.165) is 5.69 Å². The Morgan fingerprint density at radius 3 is 2.17 bits per heavy atom. The highest BCUT2D eigenvalue weighted by Gasteiger charge is 2.08. The van der Waals surface area contributed by atoms with Gasteiger partial charge in [-0.2, -0.15) is 10.2 Å². The van der Waals surface area contributed by atoms with Gasteiger partial charge >= 0.3 is 5.97 Å². The standard InChI is InChI=1S/C21H22N4O4/c1-4-13-24(14-15-29-21(26)16(2)3)19-9-5-17(6-10-19)22-23-18-7-11-20(12-8-18)25(27)28/h4-12H,1-2,13-15H2,3H3. The van der Waals surface area contributed by atoms with E-state index in [9.17, 15) is 14.9 Å². The molecule has 8 heteroatoms. The van der Waals surface area contributed by atoms with Crippen molar-refractivity contribution in [1.82, 2.24) is 0 Å². The van der Waals surface area contributed by atoms with Gasteiger partial charge in [0, 0.05) is 29.9 Å². The van der Waals surface area contributed by atoms with Crippen LogP contribution in [0.25, 0.3) is 0 Å². The third-order valence-corrected chi connectivity index (χ3v) is 3.85. The number of anilines is 1. The Kier molecular flexibility index (Phi) is 7.78. The Bertz CT molecular complexity index is 905. The van der Waals surface area contributed by atoms with Gasteiger partial charge in [0.25, 0.3) is 5.69 Å². The van der Waals surface area contributed by atoms with E-state index in [0.29, 0.717) is 30.0 Å². The Balaban J connectivity index is 2.00. The molecular weight excluding hydrogens is 372 g/mol. The van der Waals surface area contributed by atoms with Crippen molar-refractivity contribution in [3.8, 4) is 0 Å². The van der Waals surface area contributed by atoms with Crippen LogP contribution in [-0.2, 0) is 9.53 Å². The van der Waals surface area contributed by atoms with E-state index in [1.807, 2.05) is 17.0 Å². The number of carbonyl (C=O) groups excluding carboxylic acids is 1. The van der Waals surface area contributed by atoms with Crippen molar-refractivity contribution in [2.75, 3.05) is 24.6 Å². The van der Waals surface area contributed by atoms with Crippen molar-refractivity contribution in [3.63, 3.8) is 0 Å². The molecule has 0 bridgehead atoms. The number of nitrogens with zero attached hydrogens (tertiary/aromatic N) is 4. The zero-order chi connectivity index (χ0) is 21.2. The number of rotatable bonds is 10. The van der Waals surface area contributed by atoms with E-state index in [4.69, 9.17) is 4.74 Å². The smallest absolute Gasteiger partial charge is 0.333 e. The molecule has 150 valence electrons. The van der Waals surface area contributed by atoms with Crippen LogP contribution >= 0.6 is 0 Å². The second-order valence-corrected chi connectivity index (χ2v) is 6.14. The Hall–Kier alpha value is -3.81. The molecule has 0 atom stereocenters. The number of non-ortho nitro benzene ring substituents is 1. The predicted octanol–water partition coefficient (Wildman–Crippen LogP) is 5.12. The van der Waals surface area contributed by atoms with Crippen LogP contribution in [0.5, 0.6) is 0 Å². The highest BCUT2D eigenvalue weighted by atomic mass is 16.6. The summed E-state index contributed by atoms with van der Waals surface area (Å²) >= 11 is 0. The molecule has 2 aromatic carbocycles. The van der Waals surface area contributed by atoms with Crippen molar-refractivity contribution in [1.29, 1.82) is 0 Å². The minimum absolute atomic E-state index is 0.00421. The Labute approximate surface area is 169 Å². The van der Waals surface area contributed by atoms with Crippen molar-refractivity contribution < 1.29 is 14.5 Å². The van der Waals surface area contributed by atoms with Gasteiger partial charge in [0.2, 0.25) is 0 Å². The van der Waals surface area contributed by atoms with Gasteiger partial charge in [-0.15, -0.1) is 6.58 Å². The molecule has 0 aromatic heterocycles. The molecule has 0 heterocycles. The number of hydrogen-bond acceptors (Lipinski definition) is 7. The van der Waals surface area contributed by atoms with Crippen molar-refractivity contribution in [2.45, 2.75) is 6.92 Å². The highest BCUT2D eigenvalue weighted by molar-refractivity contribution is 5.86.